The summed E-state index contributed by atoms with van der Waals surface area (Å²) in [6, 6.07) is 13.2. The second-order valence-corrected chi connectivity index (χ2v) is 8.98. The fourth-order valence-corrected chi connectivity index (χ4v) is 4.60. The van der Waals surface area contributed by atoms with Gasteiger partial charge >= 0.3 is 5.97 Å². The lowest BCUT2D eigenvalue weighted by Gasteiger charge is -2.29. The van der Waals surface area contributed by atoms with E-state index in [1.165, 1.54) is 28.6 Å². The Kier molecular flexibility index (Phi) is 6.36. The fraction of sp³-hybridized carbons (Fsp3) is 0.381. The molecule has 0 aliphatic carbocycles. The van der Waals surface area contributed by atoms with Crippen molar-refractivity contribution in [1.29, 1.82) is 0 Å². The Hall–Kier alpha value is -2.38. The molecule has 0 amide bonds. The van der Waals surface area contributed by atoms with E-state index >= 15 is 0 Å². The van der Waals surface area contributed by atoms with Crippen molar-refractivity contribution in [2.75, 3.05) is 20.2 Å². The molecule has 0 spiro atoms. The minimum atomic E-state index is -3.52. The topological polar surface area (TPSA) is 72.9 Å². The van der Waals surface area contributed by atoms with Crippen LogP contribution >= 0.6 is 0 Å². The number of nitrogens with zero attached hydrogens (tertiary/aromatic N) is 1. The van der Waals surface area contributed by atoms with Crippen molar-refractivity contribution in [3.8, 4) is 5.75 Å². The molecular formula is C21H25NO5S. The van der Waals surface area contributed by atoms with Gasteiger partial charge in [0.05, 0.1) is 17.6 Å². The molecule has 3 rings (SSSR count). The number of ether oxygens (including phenoxy) is 2. The molecule has 1 fully saturated rings. The SMILES string of the molecule is COc1cccc(COC(=O)c2ccc(S(=O)(=O)N3CCC(C)CC3)cc2)c1. The summed E-state index contributed by atoms with van der Waals surface area (Å²) in [6.07, 6.45) is 1.74. The maximum atomic E-state index is 12.7. The third kappa shape index (κ3) is 4.72. The lowest BCUT2D eigenvalue weighted by atomic mass is 10.0. The van der Waals surface area contributed by atoms with Crippen molar-refractivity contribution >= 4 is 16.0 Å². The van der Waals surface area contributed by atoms with Crippen molar-refractivity contribution in [2.24, 2.45) is 5.92 Å². The van der Waals surface area contributed by atoms with Crippen molar-refractivity contribution in [3.05, 3.63) is 59.7 Å². The Balaban J connectivity index is 1.63. The van der Waals surface area contributed by atoms with Gasteiger partial charge in [-0.05, 0) is 60.7 Å². The maximum Gasteiger partial charge on any atom is 0.338 e. The van der Waals surface area contributed by atoms with Gasteiger partial charge in [0.2, 0.25) is 10.0 Å². The minimum absolute atomic E-state index is 0.113. The van der Waals surface area contributed by atoms with Gasteiger partial charge in [-0.25, -0.2) is 13.2 Å². The average molecular weight is 404 g/mol. The Morgan fingerprint density at radius 3 is 2.43 bits per heavy atom. The molecule has 0 saturated carbocycles. The van der Waals surface area contributed by atoms with Crippen molar-refractivity contribution < 1.29 is 22.7 Å². The standard InChI is InChI=1S/C21H25NO5S/c1-16-10-12-22(13-11-16)28(24,25)20-8-6-18(7-9-20)21(23)27-15-17-4-3-5-19(14-17)26-2/h3-9,14,16H,10-13,15H2,1-2H3. The highest BCUT2D eigenvalue weighted by atomic mass is 32.2. The predicted molar refractivity (Wildman–Crippen MR) is 106 cm³/mol. The van der Waals surface area contributed by atoms with Crippen LogP contribution in [0.3, 0.4) is 0 Å². The Morgan fingerprint density at radius 2 is 1.79 bits per heavy atom. The van der Waals surface area contributed by atoms with Crippen LogP contribution in [0.15, 0.2) is 53.4 Å². The molecule has 7 heteroatoms. The van der Waals surface area contributed by atoms with E-state index < -0.39 is 16.0 Å². The van der Waals surface area contributed by atoms with E-state index in [0.717, 1.165) is 18.4 Å². The zero-order valence-corrected chi connectivity index (χ0v) is 16.9. The molecule has 0 unspecified atom stereocenters. The molecule has 1 heterocycles. The zero-order chi connectivity index (χ0) is 20.1. The van der Waals surface area contributed by atoms with Gasteiger partial charge in [0, 0.05) is 13.1 Å². The van der Waals surface area contributed by atoms with Crippen LogP contribution in [0.2, 0.25) is 0 Å². The molecule has 1 aliphatic heterocycles. The van der Waals surface area contributed by atoms with Gasteiger partial charge in [-0.3, -0.25) is 0 Å². The molecule has 0 bridgehead atoms. The van der Waals surface area contributed by atoms with E-state index in [2.05, 4.69) is 6.92 Å². The first kappa shape index (κ1) is 20.4. The molecule has 2 aromatic rings. The molecule has 0 atom stereocenters. The minimum Gasteiger partial charge on any atom is -0.497 e. The van der Waals surface area contributed by atoms with Gasteiger partial charge in [0.1, 0.15) is 12.4 Å². The van der Waals surface area contributed by atoms with Crippen molar-refractivity contribution in [3.63, 3.8) is 0 Å². The third-order valence-corrected chi connectivity index (χ3v) is 6.89. The second-order valence-electron chi connectivity index (χ2n) is 7.04. The number of carbonyl (C=O) groups excluding carboxylic acids is 1. The molecule has 2 aromatic carbocycles. The Labute approximate surface area is 166 Å². The summed E-state index contributed by atoms with van der Waals surface area (Å²) in [7, 11) is -1.95. The first-order valence-corrected chi connectivity index (χ1v) is 10.7. The largest absolute Gasteiger partial charge is 0.497 e. The van der Waals surface area contributed by atoms with Crippen LogP contribution in [0.4, 0.5) is 0 Å². The van der Waals surface area contributed by atoms with Gasteiger partial charge in [-0.2, -0.15) is 4.31 Å². The Bertz CT molecular complexity index is 916. The second kappa shape index (κ2) is 8.75. The highest BCUT2D eigenvalue weighted by Crippen LogP contribution is 2.24. The smallest absolute Gasteiger partial charge is 0.338 e. The van der Waals surface area contributed by atoms with Gasteiger partial charge in [0.15, 0.2) is 0 Å². The van der Waals surface area contributed by atoms with E-state index in [4.69, 9.17) is 9.47 Å². The van der Waals surface area contributed by atoms with Crippen LogP contribution < -0.4 is 4.74 Å². The number of rotatable bonds is 6. The first-order chi connectivity index (χ1) is 13.4. The lowest BCUT2D eigenvalue weighted by Crippen LogP contribution is -2.37. The molecule has 0 N–H and O–H groups in total. The summed E-state index contributed by atoms with van der Waals surface area (Å²) in [5, 5.41) is 0. The summed E-state index contributed by atoms with van der Waals surface area (Å²) in [4.78, 5) is 12.5. The number of sulfonamides is 1. The third-order valence-electron chi connectivity index (χ3n) is 4.97. The van der Waals surface area contributed by atoms with Crippen molar-refractivity contribution in [2.45, 2.75) is 31.3 Å². The maximum absolute atomic E-state index is 12.7. The summed E-state index contributed by atoms with van der Waals surface area (Å²) in [5.41, 5.74) is 1.13. The number of benzene rings is 2. The average Bonchev–Trinajstić information content (AvgIpc) is 2.72. The van der Waals surface area contributed by atoms with Crippen LogP contribution in [0.5, 0.6) is 5.75 Å². The van der Waals surface area contributed by atoms with E-state index in [0.29, 0.717) is 30.3 Å². The van der Waals surface area contributed by atoms with Crippen LogP contribution in [0.25, 0.3) is 0 Å². The first-order valence-electron chi connectivity index (χ1n) is 9.30. The molecular weight excluding hydrogens is 378 g/mol. The zero-order valence-electron chi connectivity index (χ0n) is 16.1. The normalized spacial score (nSPS) is 15.9. The molecule has 0 aromatic heterocycles. The van der Waals surface area contributed by atoms with Crippen LogP contribution in [-0.2, 0) is 21.4 Å². The van der Waals surface area contributed by atoms with E-state index in [1.807, 2.05) is 18.2 Å². The number of esters is 1. The molecule has 1 saturated heterocycles. The molecule has 0 radical (unpaired) electrons. The molecule has 1 aliphatic rings. The highest BCUT2D eigenvalue weighted by Gasteiger charge is 2.28. The molecule has 28 heavy (non-hydrogen) atoms. The van der Waals surface area contributed by atoms with Gasteiger partial charge < -0.3 is 9.47 Å². The highest BCUT2D eigenvalue weighted by molar-refractivity contribution is 7.89. The monoisotopic (exact) mass is 403 g/mol. The number of carbonyl (C=O) groups is 1. The van der Waals surface area contributed by atoms with Crippen LogP contribution in [0.1, 0.15) is 35.7 Å². The fourth-order valence-electron chi connectivity index (χ4n) is 3.13. The number of methoxy groups -OCH3 is 1. The summed E-state index contributed by atoms with van der Waals surface area (Å²) < 4.78 is 37.5. The number of hydrogen-bond acceptors (Lipinski definition) is 5. The van der Waals surface area contributed by atoms with E-state index in [1.54, 1.807) is 13.2 Å². The van der Waals surface area contributed by atoms with Crippen LogP contribution in [-0.4, -0.2) is 38.9 Å². The Morgan fingerprint density at radius 1 is 1.11 bits per heavy atom. The summed E-state index contributed by atoms with van der Waals surface area (Å²) >= 11 is 0. The summed E-state index contributed by atoms with van der Waals surface area (Å²) in [6.45, 7) is 3.32. The molecule has 6 nitrogen and oxygen atoms in total. The summed E-state index contributed by atoms with van der Waals surface area (Å²) in [5.74, 6) is 0.738. The van der Waals surface area contributed by atoms with Crippen LogP contribution in [0, 0.1) is 5.92 Å². The lowest BCUT2D eigenvalue weighted by molar-refractivity contribution is 0.0472. The van der Waals surface area contributed by atoms with Gasteiger partial charge in [0.25, 0.3) is 0 Å². The molecule has 150 valence electrons. The van der Waals surface area contributed by atoms with Gasteiger partial charge in [-0.1, -0.05) is 19.1 Å². The van der Waals surface area contributed by atoms with E-state index in [9.17, 15) is 13.2 Å². The number of hydrogen-bond donors (Lipinski definition) is 0. The predicted octanol–water partition coefficient (Wildman–Crippen LogP) is 3.47. The van der Waals surface area contributed by atoms with Crippen molar-refractivity contribution in [1.82, 2.24) is 4.31 Å². The quantitative estimate of drug-likeness (QED) is 0.691. The number of piperidine rings is 1. The van der Waals surface area contributed by atoms with Gasteiger partial charge in [-0.15, -0.1) is 0 Å². The van der Waals surface area contributed by atoms with E-state index in [-0.39, 0.29) is 11.5 Å².